The van der Waals surface area contributed by atoms with E-state index in [1.165, 1.54) is 4.90 Å². The van der Waals surface area contributed by atoms with Crippen LogP contribution in [-0.2, 0) is 11.2 Å². The Labute approximate surface area is 159 Å². The molecule has 0 N–H and O–H groups in total. The third-order valence-corrected chi connectivity index (χ3v) is 5.23. The van der Waals surface area contributed by atoms with Crippen LogP contribution < -0.4 is 4.74 Å². The van der Waals surface area contributed by atoms with Crippen LogP contribution in [0.4, 0.5) is 0 Å². The molecular formula is C20H25N3O2S. The molecule has 1 atom stereocenters. The van der Waals surface area contributed by atoms with Gasteiger partial charge in [-0.05, 0) is 36.6 Å². The van der Waals surface area contributed by atoms with Crippen LogP contribution in [0.15, 0.2) is 47.5 Å². The van der Waals surface area contributed by atoms with Crippen molar-refractivity contribution in [3.8, 4) is 5.88 Å². The number of rotatable bonds is 6. The minimum Gasteiger partial charge on any atom is -0.471 e. The van der Waals surface area contributed by atoms with Crippen LogP contribution in [0.3, 0.4) is 0 Å². The first kappa shape index (κ1) is 18.7. The second kappa shape index (κ2) is 9.03. The number of carbonyl (C=O) groups excluding carboxylic acids is 1. The number of nitrogens with zero attached hydrogens (tertiary/aromatic N) is 3. The molecule has 0 saturated carbocycles. The zero-order chi connectivity index (χ0) is 18.4. The molecule has 1 amide bonds. The molecule has 6 heteroatoms. The van der Waals surface area contributed by atoms with Crippen LogP contribution in [0.2, 0.25) is 0 Å². The zero-order valence-corrected chi connectivity index (χ0v) is 16.1. The second-order valence-corrected chi connectivity index (χ2v) is 8.42. The molecule has 1 aliphatic rings. The van der Waals surface area contributed by atoms with Gasteiger partial charge in [0.25, 0.3) is 0 Å². The maximum atomic E-state index is 12.7. The van der Waals surface area contributed by atoms with Gasteiger partial charge < -0.3 is 9.64 Å². The Hall–Kier alpha value is -2.08. The summed E-state index contributed by atoms with van der Waals surface area (Å²) in [5, 5.41) is 8.35. The fraction of sp³-hybridized carbons (Fsp3) is 0.450. The molecule has 0 spiro atoms. The quantitative estimate of drug-likeness (QED) is 0.727. The lowest BCUT2D eigenvalue weighted by Gasteiger charge is -2.32. The third kappa shape index (κ3) is 5.46. The predicted octanol–water partition coefficient (Wildman–Crippen LogP) is 3.59. The highest BCUT2D eigenvalue weighted by Gasteiger charge is 2.25. The minimum atomic E-state index is -0.0192. The SMILES string of the molecule is CC(C)Sc1ccc(CC(=O)N2CCCC(Oc3cccnn3)C2)cc1. The number of amides is 1. The summed E-state index contributed by atoms with van der Waals surface area (Å²) in [6, 6.07) is 11.9. The first-order valence-electron chi connectivity index (χ1n) is 9.08. The fourth-order valence-corrected chi connectivity index (χ4v) is 3.86. The van der Waals surface area contributed by atoms with Gasteiger partial charge in [-0.1, -0.05) is 26.0 Å². The second-order valence-electron chi connectivity index (χ2n) is 6.77. The predicted molar refractivity (Wildman–Crippen MR) is 103 cm³/mol. The Kier molecular flexibility index (Phi) is 6.50. The summed E-state index contributed by atoms with van der Waals surface area (Å²) < 4.78 is 5.87. The van der Waals surface area contributed by atoms with Gasteiger partial charge in [-0.15, -0.1) is 16.9 Å². The molecule has 1 saturated heterocycles. The molecule has 26 heavy (non-hydrogen) atoms. The van der Waals surface area contributed by atoms with Crippen molar-refractivity contribution in [1.82, 2.24) is 15.1 Å². The molecule has 1 fully saturated rings. The maximum absolute atomic E-state index is 12.7. The van der Waals surface area contributed by atoms with Gasteiger partial charge in [0.1, 0.15) is 6.10 Å². The van der Waals surface area contributed by atoms with Crippen LogP contribution in [0.1, 0.15) is 32.3 Å². The number of thioether (sulfide) groups is 1. The normalized spacial score (nSPS) is 17.3. The van der Waals surface area contributed by atoms with Gasteiger partial charge in [-0.3, -0.25) is 4.79 Å². The minimum absolute atomic E-state index is 0.0192. The van der Waals surface area contributed by atoms with Crippen LogP contribution in [-0.4, -0.2) is 45.4 Å². The highest BCUT2D eigenvalue weighted by molar-refractivity contribution is 7.99. The van der Waals surface area contributed by atoms with Gasteiger partial charge >= 0.3 is 0 Å². The van der Waals surface area contributed by atoms with E-state index in [4.69, 9.17) is 4.74 Å². The number of aromatic nitrogens is 2. The van der Waals surface area contributed by atoms with Gasteiger partial charge in [-0.2, -0.15) is 5.10 Å². The van der Waals surface area contributed by atoms with E-state index in [1.54, 1.807) is 18.3 Å². The van der Waals surface area contributed by atoms with Crippen molar-refractivity contribution in [3.05, 3.63) is 48.2 Å². The van der Waals surface area contributed by atoms with Crippen molar-refractivity contribution in [1.29, 1.82) is 0 Å². The Morgan fingerprint density at radius 3 is 2.81 bits per heavy atom. The Morgan fingerprint density at radius 1 is 1.31 bits per heavy atom. The molecule has 0 aliphatic carbocycles. The van der Waals surface area contributed by atoms with E-state index in [9.17, 15) is 4.79 Å². The van der Waals surface area contributed by atoms with Gasteiger partial charge in [0.05, 0.1) is 13.0 Å². The summed E-state index contributed by atoms with van der Waals surface area (Å²) in [5.74, 6) is 0.673. The van der Waals surface area contributed by atoms with Gasteiger partial charge in [-0.25, -0.2) is 0 Å². The van der Waals surface area contributed by atoms with E-state index >= 15 is 0 Å². The Morgan fingerprint density at radius 2 is 2.12 bits per heavy atom. The number of hydrogen-bond acceptors (Lipinski definition) is 5. The molecule has 1 aliphatic heterocycles. The third-order valence-electron chi connectivity index (χ3n) is 4.22. The summed E-state index contributed by atoms with van der Waals surface area (Å²) in [5.41, 5.74) is 1.06. The van der Waals surface area contributed by atoms with Gasteiger partial charge in [0.15, 0.2) is 0 Å². The van der Waals surface area contributed by atoms with E-state index in [-0.39, 0.29) is 12.0 Å². The molecule has 1 aromatic heterocycles. The molecule has 1 aromatic carbocycles. The number of benzene rings is 1. The van der Waals surface area contributed by atoms with Gasteiger partial charge in [0.2, 0.25) is 11.8 Å². The number of ether oxygens (including phenoxy) is 1. The molecular weight excluding hydrogens is 346 g/mol. The maximum Gasteiger partial charge on any atom is 0.233 e. The van der Waals surface area contributed by atoms with Crippen LogP contribution in [0, 0.1) is 0 Å². The lowest BCUT2D eigenvalue weighted by Crippen LogP contribution is -2.45. The van der Waals surface area contributed by atoms with E-state index in [0.717, 1.165) is 24.9 Å². The standard InChI is InChI=1S/C20H25N3O2S/c1-15(2)26-18-9-7-16(8-10-18)13-20(24)23-12-4-5-17(14-23)25-19-6-3-11-21-22-19/h3,6-11,15,17H,4-5,12-14H2,1-2H3. The molecule has 1 unspecified atom stereocenters. The molecule has 0 bridgehead atoms. The van der Waals surface area contributed by atoms with Crippen LogP contribution >= 0.6 is 11.8 Å². The van der Waals surface area contributed by atoms with Crippen molar-refractivity contribution in [2.24, 2.45) is 0 Å². The van der Waals surface area contributed by atoms with E-state index in [1.807, 2.05) is 16.7 Å². The lowest BCUT2D eigenvalue weighted by molar-refractivity contribution is -0.133. The van der Waals surface area contributed by atoms with Crippen molar-refractivity contribution < 1.29 is 9.53 Å². The zero-order valence-electron chi connectivity index (χ0n) is 15.3. The summed E-state index contributed by atoms with van der Waals surface area (Å²) in [6.45, 7) is 5.76. The highest BCUT2D eigenvalue weighted by Crippen LogP contribution is 2.23. The topological polar surface area (TPSA) is 55.3 Å². The van der Waals surface area contributed by atoms with Crippen LogP contribution in [0.25, 0.3) is 0 Å². The smallest absolute Gasteiger partial charge is 0.233 e. The summed E-state index contributed by atoms with van der Waals surface area (Å²) in [4.78, 5) is 15.8. The summed E-state index contributed by atoms with van der Waals surface area (Å²) in [6.07, 6.45) is 3.91. The average molecular weight is 372 g/mol. The highest BCUT2D eigenvalue weighted by atomic mass is 32.2. The molecule has 3 rings (SSSR count). The van der Waals surface area contributed by atoms with Crippen molar-refractivity contribution >= 4 is 17.7 Å². The van der Waals surface area contributed by atoms with E-state index < -0.39 is 0 Å². The number of hydrogen-bond donors (Lipinski definition) is 0. The Bertz CT molecular complexity index is 707. The first-order valence-corrected chi connectivity index (χ1v) is 9.96. The molecule has 5 nitrogen and oxygen atoms in total. The molecule has 2 aromatic rings. The van der Waals surface area contributed by atoms with Gasteiger partial charge in [0, 0.05) is 29.0 Å². The average Bonchev–Trinajstić information content (AvgIpc) is 2.64. The molecule has 2 heterocycles. The number of piperidine rings is 1. The largest absolute Gasteiger partial charge is 0.471 e. The van der Waals surface area contributed by atoms with Crippen molar-refractivity contribution in [3.63, 3.8) is 0 Å². The monoisotopic (exact) mass is 371 g/mol. The van der Waals surface area contributed by atoms with Crippen LogP contribution in [0.5, 0.6) is 5.88 Å². The van der Waals surface area contributed by atoms with Crippen molar-refractivity contribution in [2.75, 3.05) is 13.1 Å². The Balaban J connectivity index is 1.54. The lowest BCUT2D eigenvalue weighted by atomic mass is 10.1. The number of likely N-dealkylation sites (tertiary alicyclic amines) is 1. The first-order chi connectivity index (χ1) is 12.6. The molecule has 0 radical (unpaired) electrons. The summed E-state index contributed by atoms with van der Waals surface area (Å²) in [7, 11) is 0. The fourth-order valence-electron chi connectivity index (χ4n) is 3.03. The summed E-state index contributed by atoms with van der Waals surface area (Å²) >= 11 is 1.83. The number of carbonyl (C=O) groups is 1. The molecule has 138 valence electrons. The van der Waals surface area contributed by atoms with E-state index in [2.05, 4.69) is 48.3 Å². The van der Waals surface area contributed by atoms with E-state index in [0.29, 0.717) is 24.1 Å². The van der Waals surface area contributed by atoms with Crippen molar-refractivity contribution in [2.45, 2.75) is 49.4 Å².